The molecule has 0 radical (unpaired) electrons. The van der Waals surface area contributed by atoms with Crippen LogP contribution in [-0.2, 0) is 24.2 Å². The Kier molecular flexibility index (Phi) is 7.56. The van der Waals surface area contributed by atoms with Gasteiger partial charge in [-0.1, -0.05) is 32.0 Å². The van der Waals surface area contributed by atoms with E-state index < -0.39 is 40.3 Å². The Morgan fingerprint density at radius 2 is 1.89 bits per heavy atom. The van der Waals surface area contributed by atoms with E-state index in [9.17, 15) is 22.8 Å². The number of rotatable bonds is 8. The summed E-state index contributed by atoms with van der Waals surface area (Å²) in [5.41, 5.74) is 0.414. The van der Waals surface area contributed by atoms with Crippen molar-refractivity contribution in [1.29, 1.82) is 0 Å². The largest absolute Gasteiger partial charge is 0.454 e. The zero-order valence-corrected chi connectivity index (χ0v) is 16.9. The average Bonchev–Trinajstić information content (AvgIpc) is 3.02. The highest BCUT2D eigenvalue weighted by Gasteiger charge is 2.35. The molecule has 1 heterocycles. The molecular formula is C19H26N2O6S. The molecule has 0 bridgehead atoms. The first-order valence-corrected chi connectivity index (χ1v) is 11.0. The van der Waals surface area contributed by atoms with Crippen molar-refractivity contribution < 1.29 is 27.5 Å². The van der Waals surface area contributed by atoms with Gasteiger partial charge in [0.05, 0.1) is 11.5 Å². The molecule has 1 aromatic carbocycles. The van der Waals surface area contributed by atoms with Gasteiger partial charge in [0.15, 0.2) is 16.4 Å². The zero-order valence-electron chi connectivity index (χ0n) is 16.1. The van der Waals surface area contributed by atoms with Crippen molar-refractivity contribution in [3.8, 4) is 0 Å². The molecule has 9 heteroatoms. The molecule has 8 nitrogen and oxygen atoms in total. The van der Waals surface area contributed by atoms with Gasteiger partial charge in [0.2, 0.25) is 0 Å². The first kappa shape index (κ1) is 21.9. The van der Waals surface area contributed by atoms with Gasteiger partial charge in [-0.15, -0.1) is 0 Å². The van der Waals surface area contributed by atoms with Crippen LogP contribution in [0.1, 0.15) is 30.6 Å². The first-order chi connectivity index (χ1) is 13.2. The summed E-state index contributed by atoms with van der Waals surface area (Å²) in [6, 6.07) is 8.02. The molecule has 1 N–H and O–H groups in total. The van der Waals surface area contributed by atoms with Gasteiger partial charge < -0.3 is 15.0 Å². The molecule has 0 aromatic heterocycles. The monoisotopic (exact) mass is 410 g/mol. The van der Waals surface area contributed by atoms with Crippen LogP contribution in [0.3, 0.4) is 0 Å². The van der Waals surface area contributed by atoms with E-state index in [1.165, 1.54) is 4.90 Å². The number of benzene rings is 1. The minimum Gasteiger partial charge on any atom is -0.454 e. The molecule has 1 fully saturated rings. The highest BCUT2D eigenvalue weighted by Crippen LogP contribution is 2.19. The maximum atomic E-state index is 12.5. The Hall–Kier alpha value is -2.42. The van der Waals surface area contributed by atoms with Gasteiger partial charge in [-0.05, 0) is 24.5 Å². The van der Waals surface area contributed by atoms with Crippen molar-refractivity contribution >= 4 is 27.6 Å². The van der Waals surface area contributed by atoms with Gasteiger partial charge in [-0.3, -0.25) is 14.4 Å². The lowest BCUT2D eigenvalue weighted by Crippen LogP contribution is -2.45. The fourth-order valence-corrected chi connectivity index (χ4v) is 4.72. The van der Waals surface area contributed by atoms with Crippen LogP contribution in [0.25, 0.3) is 0 Å². The van der Waals surface area contributed by atoms with Gasteiger partial charge in [0.25, 0.3) is 11.8 Å². The molecular weight excluding hydrogens is 384 g/mol. The molecule has 1 aliphatic rings. The Balaban J connectivity index is 1.84. The fraction of sp³-hybridized carbons (Fsp3) is 0.526. The Morgan fingerprint density at radius 1 is 1.21 bits per heavy atom. The summed E-state index contributed by atoms with van der Waals surface area (Å²) in [6.07, 6.45) is 0.391. The maximum Gasteiger partial charge on any atom is 0.325 e. The maximum absolute atomic E-state index is 12.5. The molecule has 2 amide bonds. The predicted octanol–water partition coefficient (Wildman–Crippen LogP) is 0.631. The predicted molar refractivity (Wildman–Crippen MR) is 103 cm³/mol. The second-order valence-corrected chi connectivity index (χ2v) is 9.43. The van der Waals surface area contributed by atoms with Crippen LogP contribution in [0.5, 0.6) is 0 Å². The van der Waals surface area contributed by atoms with E-state index in [1.54, 1.807) is 30.3 Å². The molecule has 0 unspecified atom stereocenters. The number of hydrogen-bond acceptors (Lipinski definition) is 6. The molecule has 1 atom stereocenters. The number of hydrogen-bond donors (Lipinski definition) is 1. The third-order valence-electron chi connectivity index (χ3n) is 4.32. The lowest BCUT2D eigenvalue weighted by atomic mass is 10.1. The number of esters is 1. The third kappa shape index (κ3) is 6.63. The molecule has 1 aromatic rings. The molecule has 1 saturated heterocycles. The Bertz CT molecular complexity index is 807. The summed E-state index contributed by atoms with van der Waals surface area (Å²) >= 11 is 0. The molecule has 2 rings (SSSR count). The summed E-state index contributed by atoms with van der Waals surface area (Å²) in [7, 11) is -3.13. The average molecular weight is 410 g/mol. The van der Waals surface area contributed by atoms with Gasteiger partial charge in [-0.25, -0.2) is 8.42 Å². The number of carbonyl (C=O) groups excluding carboxylic acids is 3. The number of sulfone groups is 1. The van der Waals surface area contributed by atoms with Gasteiger partial charge in [-0.2, -0.15) is 0 Å². The fourth-order valence-electron chi connectivity index (χ4n) is 2.99. The lowest BCUT2D eigenvalue weighted by Gasteiger charge is -2.29. The van der Waals surface area contributed by atoms with Crippen LogP contribution < -0.4 is 5.32 Å². The molecule has 0 aliphatic carbocycles. The quantitative estimate of drug-likeness (QED) is 0.630. The topological polar surface area (TPSA) is 110 Å². The molecule has 0 spiro atoms. The standard InChI is InChI=1S/C19H26N2O6S/c1-14(2)11-21(16-8-9-28(25,26)13-16)17(22)12-27-18(23)10-20-19(24)15-6-4-3-5-7-15/h3-7,14,16H,8-13H2,1-2H3,(H,20,24)/t16-/m1/s1. The minimum atomic E-state index is -3.13. The van der Waals surface area contributed by atoms with E-state index in [1.807, 2.05) is 13.8 Å². The second-order valence-electron chi connectivity index (χ2n) is 7.21. The van der Waals surface area contributed by atoms with E-state index in [4.69, 9.17) is 4.74 Å². The van der Waals surface area contributed by atoms with Crippen LogP contribution in [0, 0.1) is 5.92 Å². The van der Waals surface area contributed by atoms with Crippen molar-refractivity contribution in [2.45, 2.75) is 26.3 Å². The van der Waals surface area contributed by atoms with Gasteiger partial charge >= 0.3 is 5.97 Å². The van der Waals surface area contributed by atoms with Crippen LogP contribution >= 0.6 is 0 Å². The number of nitrogens with zero attached hydrogens (tertiary/aromatic N) is 1. The summed E-state index contributed by atoms with van der Waals surface area (Å²) in [5.74, 6) is -1.44. The van der Waals surface area contributed by atoms with E-state index in [0.29, 0.717) is 18.5 Å². The first-order valence-electron chi connectivity index (χ1n) is 9.16. The second kappa shape index (κ2) is 9.68. The SMILES string of the molecule is CC(C)CN(C(=O)COC(=O)CNC(=O)c1ccccc1)[C@@H]1CCS(=O)(=O)C1. The Morgan fingerprint density at radius 3 is 2.46 bits per heavy atom. The summed E-state index contributed by atoms with van der Waals surface area (Å²) in [4.78, 5) is 37.7. The van der Waals surface area contributed by atoms with Crippen molar-refractivity contribution in [3.05, 3.63) is 35.9 Å². The van der Waals surface area contributed by atoms with E-state index in [2.05, 4.69) is 5.32 Å². The minimum absolute atomic E-state index is 0.0604. The molecule has 28 heavy (non-hydrogen) atoms. The number of nitrogens with one attached hydrogen (secondary N) is 1. The van der Waals surface area contributed by atoms with E-state index in [0.717, 1.165) is 0 Å². The van der Waals surface area contributed by atoms with Crippen molar-refractivity contribution in [2.24, 2.45) is 5.92 Å². The van der Waals surface area contributed by atoms with Crippen LogP contribution in [-0.4, -0.2) is 68.3 Å². The Labute approximate surface area is 165 Å². The van der Waals surface area contributed by atoms with Gasteiger partial charge in [0.1, 0.15) is 6.54 Å². The zero-order chi connectivity index (χ0) is 20.7. The summed E-state index contributed by atoms with van der Waals surface area (Å²) in [6.45, 7) is 3.40. The normalized spacial score (nSPS) is 17.9. The molecule has 0 saturated carbocycles. The number of ether oxygens (including phenoxy) is 1. The van der Waals surface area contributed by atoms with Crippen molar-refractivity contribution in [1.82, 2.24) is 10.2 Å². The van der Waals surface area contributed by atoms with Crippen molar-refractivity contribution in [2.75, 3.05) is 31.2 Å². The molecule has 154 valence electrons. The van der Waals surface area contributed by atoms with Crippen LogP contribution in [0.4, 0.5) is 0 Å². The number of carbonyl (C=O) groups is 3. The van der Waals surface area contributed by atoms with Crippen LogP contribution in [0.15, 0.2) is 30.3 Å². The lowest BCUT2D eigenvalue weighted by molar-refractivity contribution is -0.152. The highest BCUT2D eigenvalue weighted by atomic mass is 32.2. The summed E-state index contributed by atoms with van der Waals surface area (Å²) < 4.78 is 28.4. The number of amides is 2. The van der Waals surface area contributed by atoms with Crippen LogP contribution in [0.2, 0.25) is 0 Å². The molecule has 1 aliphatic heterocycles. The van der Waals surface area contributed by atoms with E-state index in [-0.39, 0.29) is 24.0 Å². The summed E-state index contributed by atoms with van der Waals surface area (Å²) in [5, 5.41) is 2.43. The van der Waals surface area contributed by atoms with Gasteiger partial charge in [0, 0.05) is 18.2 Å². The third-order valence-corrected chi connectivity index (χ3v) is 6.07. The van der Waals surface area contributed by atoms with Crippen molar-refractivity contribution in [3.63, 3.8) is 0 Å². The highest BCUT2D eigenvalue weighted by molar-refractivity contribution is 7.91. The smallest absolute Gasteiger partial charge is 0.325 e. The van der Waals surface area contributed by atoms with E-state index >= 15 is 0 Å².